The van der Waals surface area contributed by atoms with Crippen molar-refractivity contribution < 1.29 is 0 Å². The summed E-state index contributed by atoms with van der Waals surface area (Å²) in [4.78, 5) is 2.46. The zero-order valence-electron chi connectivity index (χ0n) is 12.7. The molecule has 0 aliphatic heterocycles. The second-order valence-corrected chi connectivity index (χ2v) is 6.24. The van der Waals surface area contributed by atoms with Gasteiger partial charge in [0.05, 0.1) is 0 Å². The first kappa shape index (κ1) is 14.4. The fourth-order valence-corrected chi connectivity index (χ4v) is 2.86. The van der Waals surface area contributed by atoms with Crippen LogP contribution in [0.4, 0.5) is 5.69 Å². The normalized spacial score (nSPS) is 16.2. The Morgan fingerprint density at radius 2 is 1.79 bits per heavy atom. The van der Waals surface area contributed by atoms with E-state index in [1.54, 1.807) is 0 Å². The maximum absolute atomic E-state index is 3.49. The molecule has 1 saturated carbocycles. The Balaban J connectivity index is 1.86. The second kappa shape index (κ2) is 6.95. The van der Waals surface area contributed by atoms with Crippen LogP contribution in [0.3, 0.4) is 0 Å². The lowest BCUT2D eigenvalue weighted by molar-refractivity contribution is 0.552. The minimum atomic E-state index is 0.716. The Bertz CT molecular complexity index is 363. The van der Waals surface area contributed by atoms with Gasteiger partial charge in [-0.05, 0) is 43.0 Å². The molecule has 2 rings (SSSR count). The summed E-state index contributed by atoms with van der Waals surface area (Å²) in [7, 11) is 2.24. The summed E-state index contributed by atoms with van der Waals surface area (Å²) < 4.78 is 0. The number of nitrogens with zero attached hydrogens (tertiary/aromatic N) is 1. The summed E-state index contributed by atoms with van der Waals surface area (Å²) in [5.74, 6) is 0.716. The number of benzene rings is 1. The van der Waals surface area contributed by atoms with Gasteiger partial charge >= 0.3 is 0 Å². The molecule has 1 fully saturated rings. The molecule has 2 nitrogen and oxygen atoms in total. The Kier molecular flexibility index (Phi) is 5.26. The third kappa shape index (κ3) is 4.24. The average Bonchev–Trinajstić information content (AvgIpc) is 2.92. The lowest BCUT2D eigenvalue weighted by Gasteiger charge is -2.26. The minimum Gasteiger partial charge on any atom is -0.372 e. The van der Waals surface area contributed by atoms with E-state index in [-0.39, 0.29) is 0 Å². The molecular weight excluding hydrogens is 232 g/mol. The molecule has 1 aliphatic rings. The zero-order valence-corrected chi connectivity index (χ0v) is 12.7. The first-order chi connectivity index (χ1) is 9.16. The molecule has 0 amide bonds. The fraction of sp³-hybridized carbons (Fsp3) is 0.647. The molecule has 1 N–H and O–H groups in total. The van der Waals surface area contributed by atoms with Gasteiger partial charge in [0.1, 0.15) is 0 Å². The number of anilines is 1. The topological polar surface area (TPSA) is 15.3 Å². The molecular formula is C17H28N2. The molecule has 0 atom stereocenters. The molecule has 0 unspecified atom stereocenters. The molecule has 1 aromatic rings. The van der Waals surface area contributed by atoms with Crippen LogP contribution >= 0.6 is 0 Å². The van der Waals surface area contributed by atoms with Gasteiger partial charge in [0, 0.05) is 25.3 Å². The van der Waals surface area contributed by atoms with Crippen LogP contribution in [0.25, 0.3) is 0 Å². The SMILES string of the molecule is CC(C)CNCc1ccc(N(C)C2CCCC2)cc1. The Morgan fingerprint density at radius 1 is 1.16 bits per heavy atom. The highest BCUT2D eigenvalue weighted by molar-refractivity contribution is 5.48. The quantitative estimate of drug-likeness (QED) is 0.836. The average molecular weight is 260 g/mol. The summed E-state index contributed by atoms with van der Waals surface area (Å²) >= 11 is 0. The minimum absolute atomic E-state index is 0.716. The Morgan fingerprint density at radius 3 is 2.37 bits per heavy atom. The van der Waals surface area contributed by atoms with Crippen LogP contribution in [-0.2, 0) is 6.54 Å². The standard InChI is InChI=1S/C17H28N2/c1-14(2)12-18-13-15-8-10-17(11-9-15)19(3)16-6-4-5-7-16/h8-11,14,16,18H,4-7,12-13H2,1-3H3. The molecule has 0 radical (unpaired) electrons. The summed E-state index contributed by atoms with van der Waals surface area (Å²) in [6.07, 6.45) is 5.50. The smallest absolute Gasteiger partial charge is 0.0366 e. The molecule has 1 aromatic carbocycles. The predicted octanol–water partition coefficient (Wildman–Crippen LogP) is 3.81. The van der Waals surface area contributed by atoms with E-state index >= 15 is 0 Å². The van der Waals surface area contributed by atoms with Crippen LogP contribution in [0.1, 0.15) is 45.1 Å². The summed E-state index contributed by atoms with van der Waals surface area (Å²) in [6, 6.07) is 9.81. The first-order valence-corrected chi connectivity index (χ1v) is 7.69. The monoisotopic (exact) mass is 260 g/mol. The van der Waals surface area contributed by atoms with Crippen molar-refractivity contribution in [2.75, 3.05) is 18.5 Å². The van der Waals surface area contributed by atoms with E-state index in [2.05, 4.69) is 55.4 Å². The molecule has 106 valence electrons. The third-order valence-electron chi connectivity index (χ3n) is 4.10. The molecule has 0 saturated heterocycles. The molecule has 0 heterocycles. The van der Waals surface area contributed by atoms with Gasteiger partial charge in [0.2, 0.25) is 0 Å². The van der Waals surface area contributed by atoms with E-state index in [9.17, 15) is 0 Å². The molecule has 0 aromatic heterocycles. The number of nitrogens with one attached hydrogen (secondary N) is 1. The van der Waals surface area contributed by atoms with Crippen molar-refractivity contribution in [2.45, 2.75) is 52.1 Å². The number of rotatable bonds is 6. The van der Waals surface area contributed by atoms with Crippen molar-refractivity contribution >= 4 is 5.69 Å². The van der Waals surface area contributed by atoms with Gasteiger partial charge in [0.25, 0.3) is 0 Å². The van der Waals surface area contributed by atoms with Crippen LogP contribution in [-0.4, -0.2) is 19.6 Å². The van der Waals surface area contributed by atoms with E-state index in [0.29, 0.717) is 5.92 Å². The predicted molar refractivity (Wildman–Crippen MR) is 83.6 cm³/mol. The molecule has 1 aliphatic carbocycles. The van der Waals surface area contributed by atoms with Gasteiger partial charge in [-0.2, -0.15) is 0 Å². The fourth-order valence-electron chi connectivity index (χ4n) is 2.86. The van der Waals surface area contributed by atoms with E-state index in [0.717, 1.165) is 19.1 Å². The van der Waals surface area contributed by atoms with E-state index in [1.165, 1.54) is 36.9 Å². The van der Waals surface area contributed by atoms with Crippen molar-refractivity contribution in [2.24, 2.45) is 5.92 Å². The lowest BCUT2D eigenvalue weighted by Crippen LogP contribution is -2.28. The van der Waals surface area contributed by atoms with Crippen LogP contribution in [0.2, 0.25) is 0 Å². The van der Waals surface area contributed by atoms with Crippen LogP contribution in [0, 0.1) is 5.92 Å². The molecule has 0 spiro atoms. The zero-order chi connectivity index (χ0) is 13.7. The van der Waals surface area contributed by atoms with Crippen molar-refractivity contribution in [1.29, 1.82) is 0 Å². The highest BCUT2D eigenvalue weighted by atomic mass is 15.1. The number of hydrogen-bond acceptors (Lipinski definition) is 2. The summed E-state index contributed by atoms with van der Waals surface area (Å²) in [6.45, 7) is 6.55. The van der Waals surface area contributed by atoms with Crippen LogP contribution in [0.15, 0.2) is 24.3 Å². The van der Waals surface area contributed by atoms with Gasteiger partial charge in [-0.3, -0.25) is 0 Å². The van der Waals surface area contributed by atoms with Crippen molar-refractivity contribution in [3.8, 4) is 0 Å². The lowest BCUT2D eigenvalue weighted by atomic mass is 10.1. The highest BCUT2D eigenvalue weighted by Crippen LogP contribution is 2.26. The van der Waals surface area contributed by atoms with Crippen molar-refractivity contribution in [1.82, 2.24) is 5.32 Å². The van der Waals surface area contributed by atoms with Gasteiger partial charge in [0.15, 0.2) is 0 Å². The largest absolute Gasteiger partial charge is 0.372 e. The summed E-state index contributed by atoms with van der Waals surface area (Å²) in [5.41, 5.74) is 2.74. The van der Waals surface area contributed by atoms with Gasteiger partial charge in [-0.25, -0.2) is 0 Å². The molecule has 19 heavy (non-hydrogen) atoms. The van der Waals surface area contributed by atoms with Crippen molar-refractivity contribution in [3.05, 3.63) is 29.8 Å². The van der Waals surface area contributed by atoms with E-state index in [1.807, 2.05) is 0 Å². The Hall–Kier alpha value is -1.02. The van der Waals surface area contributed by atoms with Crippen LogP contribution < -0.4 is 10.2 Å². The highest BCUT2D eigenvalue weighted by Gasteiger charge is 2.19. The van der Waals surface area contributed by atoms with Crippen molar-refractivity contribution in [3.63, 3.8) is 0 Å². The first-order valence-electron chi connectivity index (χ1n) is 7.69. The van der Waals surface area contributed by atoms with Gasteiger partial charge < -0.3 is 10.2 Å². The van der Waals surface area contributed by atoms with Crippen LogP contribution in [0.5, 0.6) is 0 Å². The third-order valence-corrected chi connectivity index (χ3v) is 4.10. The molecule has 2 heteroatoms. The maximum Gasteiger partial charge on any atom is 0.0366 e. The summed E-state index contributed by atoms with van der Waals surface area (Å²) in [5, 5.41) is 3.49. The Labute approximate surface area is 118 Å². The van der Waals surface area contributed by atoms with E-state index < -0.39 is 0 Å². The second-order valence-electron chi connectivity index (χ2n) is 6.24. The van der Waals surface area contributed by atoms with Gasteiger partial charge in [-0.15, -0.1) is 0 Å². The maximum atomic E-state index is 3.49. The van der Waals surface area contributed by atoms with E-state index in [4.69, 9.17) is 0 Å². The van der Waals surface area contributed by atoms with Gasteiger partial charge in [-0.1, -0.05) is 38.8 Å². The molecule has 0 bridgehead atoms. The number of hydrogen-bond donors (Lipinski definition) is 1.